The lowest BCUT2D eigenvalue weighted by Crippen LogP contribution is -2.59. The van der Waals surface area contributed by atoms with Crippen LogP contribution in [0.2, 0.25) is 0 Å². The fourth-order valence-corrected chi connectivity index (χ4v) is 3.38. The minimum absolute atomic E-state index is 0.107. The first-order valence-electron chi connectivity index (χ1n) is 11.8. The fourth-order valence-electron chi connectivity index (χ4n) is 3.38. The zero-order chi connectivity index (χ0) is 27.3. The maximum Gasteiger partial charge on any atom is 0.326 e. The van der Waals surface area contributed by atoms with Crippen LogP contribution in [0.4, 0.5) is 0 Å². The van der Waals surface area contributed by atoms with Crippen LogP contribution < -0.4 is 33.2 Å². The zero-order valence-corrected chi connectivity index (χ0v) is 20.7. The molecular weight excluding hydrogens is 472 g/mol. The van der Waals surface area contributed by atoms with E-state index in [0.29, 0.717) is 31.5 Å². The Kier molecular flexibility index (Phi) is 13.1. The maximum atomic E-state index is 13.0. The highest BCUT2D eigenvalue weighted by molar-refractivity contribution is 5.96. The monoisotopic (exact) mass is 510 g/mol. The number of rotatable bonds is 17. The molecule has 14 heteroatoms. The smallest absolute Gasteiger partial charge is 0.326 e. The predicted octanol–water partition coefficient (Wildman–Crippen LogP) is -2.13. The highest BCUT2D eigenvalue weighted by Crippen LogP contribution is 2.11. The number of aliphatic carboxylic acids is 1. The summed E-state index contributed by atoms with van der Waals surface area (Å²) < 4.78 is 0. The number of hydrogen-bond acceptors (Lipinski definition) is 8. The Bertz CT molecular complexity index is 878. The number of imidazole rings is 1. The van der Waals surface area contributed by atoms with E-state index in [1.807, 2.05) is 0 Å². The Balaban J connectivity index is 2.95. The second-order valence-electron chi connectivity index (χ2n) is 8.67. The van der Waals surface area contributed by atoms with Crippen molar-refractivity contribution in [1.82, 2.24) is 25.9 Å². The van der Waals surface area contributed by atoms with Crippen LogP contribution in [-0.4, -0.2) is 75.4 Å². The molecule has 0 aromatic carbocycles. The second kappa shape index (κ2) is 15.5. The molecule has 11 N–H and O–H groups in total. The molecule has 0 aliphatic carbocycles. The zero-order valence-electron chi connectivity index (χ0n) is 20.7. The van der Waals surface area contributed by atoms with Gasteiger partial charge in [-0.2, -0.15) is 0 Å². The first kappa shape index (κ1) is 30.5. The molecule has 36 heavy (non-hydrogen) atoms. The van der Waals surface area contributed by atoms with Crippen molar-refractivity contribution in [2.24, 2.45) is 23.1 Å². The first-order chi connectivity index (χ1) is 17.0. The molecule has 0 radical (unpaired) electrons. The van der Waals surface area contributed by atoms with Gasteiger partial charge < -0.3 is 43.2 Å². The summed E-state index contributed by atoms with van der Waals surface area (Å²) in [7, 11) is 0. The van der Waals surface area contributed by atoms with E-state index >= 15 is 0 Å². The van der Waals surface area contributed by atoms with Gasteiger partial charge in [0.25, 0.3) is 0 Å². The molecule has 1 aromatic rings. The lowest BCUT2D eigenvalue weighted by atomic mass is 9.97. The van der Waals surface area contributed by atoms with E-state index in [9.17, 15) is 29.1 Å². The molecule has 0 saturated carbocycles. The largest absolute Gasteiger partial charge is 0.480 e. The molecule has 0 fully saturated rings. The third-order valence-electron chi connectivity index (χ3n) is 5.72. The van der Waals surface area contributed by atoms with E-state index in [0.717, 1.165) is 0 Å². The standard InChI is InChI=1S/C22H38N8O6/c1-3-12(2)18(21(34)28-15(22(35)36)6-4-5-7-23)30-20(33)16(9-17(25)31)29-19(32)14(24)8-13-10-26-11-27-13/h10-12,14-16,18H,3-9,23-24H2,1-2H3,(H2,25,31)(H,26,27)(H,28,34)(H,29,32)(H,30,33)(H,35,36). The minimum atomic E-state index is -1.39. The van der Waals surface area contributed by atoms with E-state index in [-0.39, 0.29) is 18.8 Å². The number of aromatic amines is 1. The van der Waals surface area contributed by atoms with Gasteiger partial charge in [0.15, 0.2) is 0 Å². The SMILES string of the molecule is CCC(C)C(NC(=O)C(CC(N)=O)NC(=O)C(N)Cc1cnc[nH]1)C(=O)NC(CCCCN)C(=O)O. The Morgan fingerprint density at radius 1 is 1.06 bits per heavy atom. The molecule has 1 heterocycles. The number of nitrogens with one attached hydrogen (secondary N) is 4. The maximum absolute atomic E-state index is 13.0. The van der Waals surface area contributed by atoms with Crippen molar-refractivity contribution in [1.29, 1.82) is 0 Å². The number of carbonyl (C=O) groups is 5. The van der Waals surface area contributed by atoms with Gasteiger partial charge in [0.1, 0.15) is 18.1 Å². The summed E-state index contributed by atoms with van der Waals surface area (Å²) >= 11 is 0. The van der Waals surface area contributed by atoms with Gasteiger partial charge in [-0.05, 0) is 31.7 Å². The van der Waals surface area contributed by atoms with Gasteiger partial charge in [0.05, 0.1) is 18.8 Å². The third-order valence-corrected chi connectivity index (χ3v) is 5.72. The number of carboxylic acid groups (broad SMARTS) is 1. The third kappa shape index (κ3) is 10.4. The van der Waals surface area contributed by atoms with Crippen molar-refractivity contribution < 1.29 is 29.1 Å². The second-order valence-corrected chi connectivity index (χ2v) is 8.67. The van der Waals surface area contributed by atoms with Crippen LogP contribution in [0, 0.1) is 5.92 Å². The molecule has 14 nitrogen and oxygen atoms in total. The van der Waals surface area contributed by atoms with E-state index in [1.165, 1.54) is 12.5 Å². The van der Waals surface area contributed by atoms with Crippen LogP contribution in [0.5, 0.6) is 0 Å². The van der Waals surface area contributed by atoms with E-state index in [2.05, 4.69) is 25.9 Å². The van der Waals surface area contributed by atoms with Crippen LogP contribution in [0.1, 0.15) is 51.6 Å². The van der Waals surface area contributed by atoms with Gasteiger partial charge in [-0.25, -0.2) is 9.78 Å². The predicted molar refractivity (Wildman–Crippen MR) is 130 cm³/mol. The Morgan fingerprint density at radius 2 is 1.72 bits per heavy atom. The van der Waals surface area contributed by atoms with Crippen LogP contribution in [0.3, 0.4) is 0 Å². The topological polar surface area (TPSA) is 248 Å². The van der Waals surface area contributed by atoms with Crippen molar-refractivity contribution in [3.05, 3.63) is 18.2 Å². The number of carboxylic acids is 1. The number of carbonyl (C=O) groups excluding carboxylic acids is 4. The highest BCUT2D eigenvalue weighted by atomic mass is 16.4. The number of amides is 4. The van der Waals surface area contributed by atoms with Crippen LogP contribution in [-0.2, 0) is 30.4 Å². The molecule has 0 saturated heterocycles. The van der Waals surface area contributed by atoms with Gasteiger partial charge in [0, 0.05) is 18.3 Å². The minimum Gasteiger partial charge on any atom is -0.480 e. The summed E-state index contributed by atoms with van der Waals surface area (Å²) in [5, 5.41) is 16.9. The molecule has 0 aliphatic heterocycles. The molecule has 5 atom stereocenters. The summed E-state index contributed by atoms with van der Waals surface area (Å²) in [5.74, 6) is -4.68. The molecular formula is C22H38N8O6. The lowest BCUT2D eigenvalue weighted by Gasteiger charge is -2.28. The molecule has 1 aromatic heterocycles. The molecule has 0 aliphatic rings. The summed E-state index contributed by atoms with van der Waals surface area (Å²) in [5.41, 5.74) is 17.2. The lowest BCUT2D eigenvalue weighted by molar-refractivity contribution is -0.143. The van der Waals surface area contributed by atoms with Gasteiger partial charge >= 0.3 is 5.97 Å². The van der Waals surface area contributed by atoms with Crippen LogP contribution in [0.15, 0.2) is 12.5 Å². The van der Waals surface area contributed by atoms with Crippen molar-refractivity contribution in [3.8, 4) is 0 Å². The summed E-state index contributed by atoms with van der Waals surface area (Å²) in [6.07, 6.45) is 4.25. The number of aromatic nitrogens is 2. The van der Waals surface area contributed by atoms with Crippen molar-refractivity contribution in [3.63, 3.8) is 0 Å². The summed E-state index contributed by atoms with van der Waals surface area (Å²) in [4.78, 5) is 68.4. The van der Waals surface area contributed by atoms with Crippen molar-refractivity contribution >= 4 is 29.6 Å². The molecule has 5 unspecified atom stereocenters. The Morgan fingerprint density at radius 3 is 2.25 bits per heavy atom. The number of primary amides is 1. The number of H-pyrrole nitrogens is 1. The van der Waals surface area contributed by atoms with Crippen molar-refractivity contribution in [2.45, 2.75) is 76.5 Å². The van der Waals surface area contributed by atoms with Gasteiger partial charge in [-0.1, -0.05) is 20.3 Å². The molecule has 0 spiro atoms. The molecule has 0 bridgehead atoms. The van der Waals surface area contributed by atoms with E-state index in [4.69, 9.17) is 17.2 Å². The van der Waals surface area contributed by atoms with Crippen molar-refractivity contribution in [2.75, 3.05) is 6.54 Å². The summed E-state index contributed by atoms with van der Waals surface area (Å²) in [6, 6.07) is -4.71. The summed E-state index contributed by atoms with van der Waals surface area (Å²) in [6.45, 7) is 3.89. The number of hydrogen-bond donors (Lipinski definition) is 8. The molecule has 202 valence electrons. The van der Waals surface area contributed by atoms with Crippen LogP contribution in [0.25, 0.3) is 0 Å². The quantitative estimate of drug-likeness (QED) is 0.106. The van der Waals surface area contributed by atoms with Crippen LogP contribution >= 0.6 is 0 Å². The van der Waals surface area contributed by atoms with Gasteiger partial charge in [-0.3, -0.25) is 19.2 Å². The van der Waals surface area contributed by atoms with E-state index < -0.39 is 60.2 Å². The highest BCUT2D eigenvalue weighted by Gasteiger charge is 2.33. The Labute approximate surface area is 209 Å². The fraction of sp³-hybridized carbons (Fsp3) is 0.636. The average molecular weight is 511 g/mol. The van der Waals surface area contributed by atoms with E-state index in [1.54, 1.807) is 13.8 Å². The molecule has 4 amide bonds. The number of nitrogens with two attached hydrogens (primary N) is 3. The normalized spacial score (nSPS) is 15.1. The Hall–Kier alpha value is -3.52. The van der Waals surface area contributed by atoms with Gasteiger partial charge in [0.2, 0.25) is 23.6 Å². The molecule has 1 rings (SSSR count). The first-order valence-corrected chi connectivity index (χ1v) is 11.8. The number of nitrogens with zero attached hydrogens (tertiary/aromatic N) is 1. The number of unbranched alkanes of at least 4 members (excludes halogenated alkanes) is 1. The van der Waals surface area contributed by atoms with Gasteiger partial charge in [-0.15, -0.1) is 0 Å². The average Bonchev–Trinajstić information content (AvgIpc) is 3.33.